The van der Waals surface area contributed by atoms with Crippen LogP contribution in [-0.2, 0) is 5.41 Å². The average molecular weight is 461 g/mol. The first-order valence-electron chi connectivity index (χ1n) is 11.0. The van der Waals surface area contributed by atoms with Gasteiger partial charge in [0.05, 0.1) is 34.8 Å². The van der Waals surface area contributed by atoms with Crippen LogP contribution in [0.3, 0.4) is 0 Å². The molecule has 0 bridgehead atoms. The van der Waals surface area contributed by atoms with E-state index in [0.29, 0.717) is 34.6 Å². The van der Waals surface area contributed by atoms with Crippen molar-refractivity contribution >= 4 is 5.69 Å². The van der Waals surface area contributed by atoms with Gasteiger partial charge in [0.1, 0.15) is 5.69 Å². The second-order valence-corrected chi connectivity index (χ2v) is 8.38. The van der Waals surface area contributed by atoms with Crippen molar-refractivity contribution in [2.24, 2.45) is 0 Å². The fourth-order valence-corrected chi connectivity index (χ4v) is 3.28. The van der Waals surface area contributed by atoms with Crippen LogP contribution in [0.25, 0.3) is 34.3 Å². The molecule has 3 heterocycles. The zero-order chi connectivity index (χ0) is 24.1. The van der Waals surface area contributed by atoms with Crippen LogP contribution in [0, 0.1) is 18.3 Å². The predicted molar refractivity (Wildman–Crippen MR) is 136 cm³/mol. The van der Waals surface area contributed by atoms with Crippen molar-refractivity contribution in [3.63, 3.8) is 0 Å². The van der Waals surface area contributed by atoms with E-state index in [1.54, 1.807) is 12.4 Å². The maximum Gasteiger partial charge on any atom is 0.268 e. The summed E-state index contributed by atoms with van der Waals surface area (Å²) in [6.45, 7) is 7.22. The van der Waals surface area contributed by atoms with Gasteiger partial charge in [-0.05, 0) is 64.2 Å². The van der Waals surface area contributed by atoms with Gasteiger partial charge in [-0.25, -0.2) is 4.98 Å². The molecule has 34 heavy (non-hydrogen) atoms. The summed E-state index contributed by atoms with van der Waals surface area (Å²) < 4.78 is 5.95. The summed E-state index contributed by atoms with van der Waals surface area (Å²) in [6.07, 6.45) is 3.36. The molecule has 0 aliphatic carbocycles. The Balaban J connectivity index is 0.00000228. The quantitative estimate of drug-likeness (QED) is 0.359. The number of nitrogens with zero attached hydrogens (tertiary/aromatic N) is 6. The highest BCUT2D eigenvalue weighted by atomic mass is 16.4. The van der Waals surface area contributed by atoms with Gasteiger partial charge in [0.25, 0.3) is 5.89 Å². The van der Waals surface area contributed by atoms with Gasteiger partial charge >= 0.3 is 0 Å². The van der Waals surface area contributed by atoms with Crippen molar-refractivity contribution in [2.75, 3.05) is 25.5 Å². The number of hydrogen-bond donors (Lipinski definition) is 2. The molecule has 0 aliphatic heterocycles. The monoisotopic (exact) mass is 460 g/mol. The summed E-state index contributed by atoms with van der Waals surface area (Å²) in [4.78, 5) is 13.6. The summed E-state index contributed by atoms with van der Waals surface area (Å²) >= 11 is 0. The van der Waals surface area contributed by atoms with Gasteiger partial charge in [-0.15, -0.1) is 10.2 Å². The molecule has 4 aromatic rings. The van der Waals surface area contributed by atoms with Crippen LogP contribution in [0.15, 0.2) is 53.2 Å². The van der Waals surface area contributed by atoms with Gasteiger partial charge < -0.3 is 15.1 Å². The molecule has 0 unspecified atom stereocenters. The summed E-state index contributed by atoms with van der Waals surface area (Å²) in [6, 6.07) is 13.8. The van der Waals surface area contributed by atoms with Crippen LogP contribution in [-0.4, -0.2) is 45.3 Å². The molecule has 0 atom stereocenters. The topological polar surface area (TPSA) is 125 Å². The molecule has 2 N–H and O–H groups in total. The SMILES string of the molecule is CNCCNc1ccc(-c2nnc(-c3nc(-c4ccnc(C(C)(C)C#N)c4)cnc3C)o2)cc1.[HH].[HH].[HH]. The Hall–Kier alpha value is -4.16. The minimum Gasteiger partial charge on any atom is -0.415 e. The molecule has 0 fully saturated rings. The molecule has 0 saturated heterocycles. The summed E-state index contributed by atoms with van der Waals surface area (Å²) in [5.74, 6) is 0.704. The molecular formula is C25H32N8O. The highest BCUT2D eigenvalue weighted by molar-refractivity contribution is 5.64. The Labute approximate surface area is 202 Å². The second-order valence-electron chi connectivity index (χ2n) is 8.38. The number of nitriles is 1. The fourth-order valence-electron chi connectivity index (χ4n) is 3.28. The number of aryl methyl sites for hydroxylation is 1. The van der Waals surface area contributed by atoms with E-state index in [4.69, 9.17) is 9.40 Å². The minimum atomic E-state index is -0.712. The van der Waals surface area contributed by atoms with E-state index in [0.717, 1.165) is 29.9 Å². The first kappa shape index (κ1) is 23.0. The number of rotatable bonds is 8. The van der Waals surface area contributed by atoms with E-state index in [1.165, 1.54) is 0 Å². The molecule has 0 saturated carbocycles. The molecule has 0 spiro atoms. The molecule has 3 aromatic heterocycles. The number of nitrogens with one attached hydrogen (secondary N) is 2. The molecule has 178 valence electrons. The van der Waals surface area contributed by atoms with Crippen molar-refractivity contribution in [3.05, 3.63) is 60.2 Å². The molecule has 9 nitrogen and oxygen atoms in total. The highest BCUT2D eigenvalue weighted by Crippen LogP contribution is 2.29. The number of benzene rings is 1. The van der Waals surface area contributed by atoms with Gasteiger partial charge in [0, 0.05) is 40.4 Å². The van der Waals surface area contributed by atoms with Crippen LogP contribution >= 0.6 is 0 Å². The third-order valence-electron chi connectivity index (χ3n) is 5.39. The average Bonchev–Trinajstić information content (AvgIpc) is 3.35. The first-order chi connectivity index (χ1) is 16.4. The Morgan fingerprint density at radius 1 is 1.03 bits per heavy atom. The third-order valence-corrected chi connectivity index (χ3v) is 5.39. The lowest BCUT2D eigenvalue weighted by Crippen LogP contribution is -2.17. The standard InChI is InChI=1S/C25H26N8O.3H2/c1-16-22(31-20(14-30-16)18-9-10-29-21(13-18)25(2,3)15-26)24-33-32-23(34-24)17-5-7-19(8-6-17)28-12-11-27-4;;;/h5-10,13-14,27-28H,11-12H2,1-4H3;3*1H. The van der Waals surface area contributed by atoms with E-state index in [9.17, 15) is 5.26 Å². The van der Waals surface area contributed by atoms with E-state index >= 15 is 0 Å². The van der Waals surface area contributed by atoms with Gasteiger partial charge in [-0.2, -0.15) is 5.26 Å². The largest absolute Gasteiger partial charge is 0.415 e. The van der Waals surface area contributed by atoms with Crippen molar-refractivity contribution in [2.45, 2.75) is 26.2 Å². The molecule has 9 heteroatoms. The summed E-state index contributed by atoms with van der Waals surface area (Å²) in [5.41, 5.74) is 4.42. The number of likely N-dealkylation sites (N-methyl/N-ethyl adjacent to an activating group) is 1. The minimum absolute atomic E-state index is 0. The lowest BCUT2D eigenvalue weighted by molar-refractivity contribution is 0.581. The van der Waals surface area contributed by atoms with Crippen molar-refractivity contribution in [1.82, 2.24) is 30.5 Å². The predicted octanol–water partition coefficient (Wildman–Crippen LogP) is 4.73. The van der Waals surface area contributed by atoms with Gasteiger partial charge in [-0.1, -0.05) is 0 Å². The van der Waals surface area contributed by atoms with Crippen molar-refractivity contribution < 1.29 is 8.70 Å². The van der Waals surface area contributed by atoms with E-state index < -0.39 is 5.41 Å². The Kier molecular flexibility index (Phi) is 6.61. The zero-order valence-corrected chi connectivity index (χ0v) is 19.6. The van der Waals surface area contributed by atoms with E-state index in [-0.39, 0.29) is 4.28 Å². The normalized spacial score (nSPS) is 11.3. The van der Waals surface area contributed by atoms with Gasteiger partial charge in [-0.3, -0.25) is 9.97 Å². The summed E-state index contributed by atoms with van der Waals surface area (Å²) in [7, 11) is 1.92. The molecule has 1 aromatic carbocycles. The third kappa shape index (κ3) is 4.92. The van der Waals surface area contributed by atoms with Gasteiger partial charge in [0.2, 0.25) is 5.89 Å². The van der Waals surface area contributed by atoms with Crippen LogP contribution in [0.1, 0.15) is 29.5 Å². The van der Waals surface area contributed by atoms with Crippen molar-refractivity contribution in [1.29, 1.82) is 5.26 Å². The van der Waals surface area contributed by atoms with Crippen LogP contribution in [0.4, 0.5) is 5.69 Å². The molecular weight excluding hydrogens is 428 g/mol. The maximum atomic E-state index is 9.45. The lowest BCUT2D eigenvalue weighted by atomic mass is 9.90. The molecule has 0 amide bonds. The van der Waals surface area contributed by atoms with Crippen LogP contribution < -0.4 is 10.6 Å². The number of pyridine rings is 1. The summed E-state index contributed by atoms with van der Waals surface area (Å²) in [5, 5.41) is 24.3. The Morgan fingerprint density at radius 3 is 2.53 bits per heavy atom. The van der Waals surface area contributed by atoms with E-state index in [1.807, 2.05) is 64.2 Å². The maximum absolute atomic E-state index is 9.45. The molecule has 4 rings (SSSR count). The number of aromatic nitrogens is 5. The molecule has 0 radical (unpaired) electrons. The number of hydrogen-bond acceptors (Lipinski definition) is 9. The fraction of sp³-hybridized carbons (Fsp3) is 0.280. The first-order valence-corrected chi connectivity index (χ1v) is 11.0. The smallest absolute Gasteiger partial charge is 0.268 e. The lowest BCUT2D eigenvalue weighted by Gasteiger charge is -2.15. The van der Waals surface area contributed by atoms with Crippen LogP contribution in [0.2, 0.25) is 0 Å². The molecule has 0 aliphatic rings. The Morgan fingerprint density at radius 2 is 1.79 bits per heavy atom. The van der Waals surface area contributed by atoms with Crippen LogP contribution in [0.5, 0.6) is 0 Å². The second kappa shape index (κ2) is 9.77. The zero-order valence-electron chi connectivity index (χ0n) is 19.6. The van der Waals surface area contributed by atoms with Gasteiger partial charge in [0.15, 0.2) is 0 Å². The highest BCUT2D eigenvalue weighted by Gasteiger charge is 2.22. The Bertz CT molecular complexity index is 1340. The van der Waals surface area contributed by atoms with E-state index in [2.05, 4.69) is 36.9 Å². The number of anilines is 1. The van der Waals surface area contributed by atoms with Crippen molar-refractivity contribution in [3.8, 4) is 40.4 Å².